The molecule has 0 fully saturated rings. The molecule has 0 spiro atoms. The van der Waals surface area contributed by atoms with Crippen molar-refractivity contribution >= 4 is 22.5 Å². The number of hydrogen-bond acceptors (Lipinski definition) is 5. The molecule has 19 heavy (non-hydrogen) atoms. The van der Waals surface area contributed by atoms with E-state index in [1.807, 2.05) is 30.3 Å². The van der Waals surface area contributed by atoms with E-state index in [4.69, 9.17) is 10.2 Å². The quantitative estimate of drug-likeness (QED) is 0.793. The highest BCUT2D eigenvalue weighted by Gasteiger charge is 2.22. The van der Waals surface area contributed by atoms with Crippen LogP contribution in [0.3, 0.4) is 0 Å². The number of benzene rings is 1. The summed E-state index contributed by atoms with van der Waals surface area (Å²) < 4.78 is 9.83. The second-order valence-electron chi connectivity index (χ2n) is 4.84. The van der Waals surface area contributed by atoms with Crippen LogP contribution in [0.1, 0.15) is 42.1 Å². The van der Waals surface area contributed by atoms with Crippen LogP contribution in [0.15, 0.2) is 34.7 Å². The highest BCUT2D eigenvalue weighted by atomic mass is 32.1. The van der Waals surface area contributed by atoms with Crippen LogP contribution < -0.4 is 5.73 Å². The van der Waals surface area contributed by atoms with Crippen LogP contribution in [0.5, 0.6) is 0 Å². The molecule has 5 heteroatoms. The van der Waals surface area contributed by atoms with Gasteiger partial charge in [0.1, 0.15) is 17.4 Å². The van der Waals surface area contributed by atoms with Crippen LogP contribution in [0.25, 0.3) is 11.0 Å². The Bertz CT molecular complexity index is 668. The van der Waals surface area contributed by atoms with Gasteiger partial charge in [-0.1, -0.05) is 36.5 Å². The lowest BCUT2D eigenvalue weighted by Gasteiger charge is -2.09. The number of fused-ring (bicyclic) bond motifs is 1. The van der Waals surface area contributed by atoms with Gasteiger partial charge in [0.2, 0.25) is 0 Å². The van der Waals surface area contributed by atoms with Crippen LogP contribution in [0.2, 0.25) is 0 Å². The summed E-state index contributed by atoms with van der Waals surface area (Å²) in [6.45, 7) is 4.18. The minimum Gasteiger partial charge on any atom is -0.459 e. The molecule has 0 aliphatic heterocycles. The highest BCUT2D eigenvalue weighted by Crippen LogP contribution is 2.31. The van der Waals surface area contributed by atoms with Gasteiger partial charge in [0, 0.05) is 5.39 Å². The van der Waals surface area contributed by atoms with Crippen LogP contribution in [-0.4, -0.2) is 9.59 Å². The van der Waals surface area contributed by atoms with Crippen molar-refractivity contribution in [1.82, 2.24) is 9.59 Å². The zero-order valence-electron chi connectivity index (χ0n) is 10.8. The van der Waals surface area contributed by atoms with Crippen molar-refractivity contribution < 1.29 is 4.42 Å². The fourth-order valence-corrected chi connectivity index (χ4v) is 2.92. The molecule has 2 aromatic heterocycles. The van der Waals surface area contributed by atoms with Gasteiger partial charge in [-0.15, -0.1) is 5.10 Å². The van der Waals surface area contributed by atoms with Crippen molar-refractivity contribution in [3.05, 3.63) is 46.7 Å². The first kappa shape index (κ1) is 12.3. The Hall–Kier alpha value is -1.72. The highest BCUT2D eigenvalue weighted by molar-refractivity contribution is 7.05. The maximum absolute atomic E-state index is 6.30. The van der Waals surface area contributed by atoms with Gasteiger partial charge in [-0.25, -0.2) is 0 Å². The van der Waals surface area contributed by atoms with E-state index in [-0.39, 0.29) is 6.04 Å². The molecular weight excluding hydrogens is 258 g/mol. The lowest BCUT2D eigenvalue weighted by molar-refractivity contribution is 0.525. The topological polar surface area (TPSA) is 64.9 Å². The number of para-hydroxylation sites is 1. The van der Waals surface area contributed by atoms with Gasteiger partial charge in [-0.05, 0) is 29.6 Å². The Morgan fingerprint density at radius 2 is 2.05 bits per heavy atom. The molecule has 0 bridgehead atoms. The van der Waals surface area contributed by atoms with Gasteiger partial charge < -0.3 is 10.2 Å². The first-order valence-electron chi connectivity index (χ1n) is 6.23. The van der Waals surface area contributed by atoms with E-state index in [1.165, 1.54) is 11.5 Å². The molecule has 0 aliphatic rings. The second-order valence-corrected chi connectivity index (χ2v) is 5.63. The fraction of sp³-hybridized carbons (Fsp3) is 0.286. The number of hydrogen-bond donors (Lipinski definition) is 1. The Labute approximate surface area is 115 Å². The van der Waals surface area contributed by atoms with Gasteiger partial charge in [-0.3, -0.25) is 0 Å². The van der Waals surface area contributed by atoms with Crippen molar-refractivity contribution in [2.24, 2.45) is 5.73 Å². The fourth-order valence-electron chi connectivity index (χ4n) is 2.11. The van der Waals surface area contributed by atoms with Crippen molar-refractivity contribution in [3.8, 4) is 0 Å². The maximum Gasteiger partial charge on any atom is 0.134 e. The number of rotatable bonds is 3. The molecule has 4 nitrogen and oxygen atoms in total. The molecule has 0 amide bonds. The standard InChI is InChI=1S/C14H15N3OS/c1-8(2)13-14(19-17-16-13)12(15)11-7-9-5-3-4-6-10(9)18-11/h3-8,12H,15H2,1-2H3. The van der Waals surface area contributed by atoms with E-state index in [2.05, 4.69) is 23.4 Å². The maximum atomic E-state index is 6.30. The molecule has 1 unspecified atom stereocenters. The molecule has 1 aromatic carbocycles. The monoisotopic (exact) mass is 273 g/mol. The molecule has 2 heterocycles. The molecule has 0 saturated heterocycles. The van der Waals surface area contributed by atoms with Gasteiger partial charge in [0.25, 0.3) is 0 Å². The average molecular weight is 273 g/mol. The van der Waals surface area contributed by atoms with E-state index < -0.39 is 0 Å². The number of nitrogens with two attached hydrogens (primary N) is 1. The zero-order valence-corrected chi connectivity index (χ0v) is 11.6. The van der Waals surface area contributed by atoms with Crippen LogP contribution in [0, 0.1) is 0 Å². The Kier molecular flexibility index (Phi) is 3.08. The molecule has 2 N–H and O–H groups in total. The summed E-state index contributed by atoms with van der Waals surface area (Å²) >= 11 is 1.34. The van der Waals surface area contributed by atoms with Crippen molar-refractivity contribution in [2.45, 2.75) is 25.8 Å². The first-order valence-corrected chi connectivity index (χ1v) is 7.00. The largest absolute Gasteiger partial charge is 0.459 e. The summed E-state index contributed by atoms with van der Waals surface area (Å²) in [5.41, 5.74) is 8.11. The van der Waals surface area contributed by atoms with Crippen LogP contribution in [-0.2, 0) is 0 Å². The van der Waals surface area contributed by atoms with E-state index in [0.717, 1.165) is 27.3 Å². The lowest BCUT2D eigenvalue weighted by atomic mass is 10.1. The molecule has 3 aromatic rings. The molecular formula is C14H15N3OS. The summed E-state index contributed by atoms with van der Waals surface area (Å²) in [6.07, 6.45) is 0. The van der Waals surface area contributed by atoms with Crippen molar-refractivity contribution in [3.63, 3.8) is 0 Å². The number of aromatic nitrogens is 2. The predicted molar refractivity (Wildman–Crippen MR) is 76.2 cm³/mol. The molecule has 0 aliphatic carbocycles. The Balaban J connectivity index is 2.03. The Morgan fingerprint density at radius 1 is 1.26 bits per heavy atom. The second kappa shape index (κ2) is 4.75. The minimum atomic E-state index is -0.301. The molecule has 3 rings (SSSR count). The van der Waals surface area contributed by atoms with E-state index in [9.17, 15) is 0 Å². The molecule has 0 saturated carbocycles. The van der Waals surface area contributed by atoms with Crippen LogP contribution in [0.4, 0.5) is 0 Å². The normalized spacial score (nSPS) is 13.3. The van der Waals surface area contributed by atoms with Crippen molar-refractivity contribution in [2.75, 3.05) is 0 Å². The Morgan fingerprint density at radius 3 is 2.79 bits per heavy atom. The molecule has 0 radical (unpaired) electrons. The van der Waals surface area contributed by atoms with Gasteiger partial charge in [-0.2, -0.15) is 0 Å². The summed E-state index contributed by atoms with van der Waals surface area (Å²) in [6, 6.07) is 9.59. The number of nitrogens with zero attached hydrogens (tertiary/aromatic N) is 2. The third kappa shape index (κ3) is 2.15. The molecule has 98 valence electrons. The van der Waals surface area contributed by atoms with Crippen molar-refractivity contribution in [1.29, 1.82) is 0 Å². The van der Waals surface area contributed by atoms with E-state index >= 15 is 0 Å². The predicted octanol–water partition coefficient (Wildman–Crippen LogP) is 3.46. The minimum absolute atomic E-state index is 0.301. The van der Waals surface area contributed by atoms with Gasteiger partial charge >= 0.3 is 0 Å². The smallest absolute Gasteiger partial charge is 0.134 e. The number of furan rings is 1. The molecule has 1 atom stereocenters. The summed E-state index contributed by atoms with van der Waals surface area (Å²) in [4.78, 5) is 0.981. The SMILES string of the molecule is CC(C)c1nnsc1C(N)c1cc2ccccc2o1. The summed E-state index contributed by atoms with van der Waals surface area (Å²) in [5.74, 6) is 1.07. The van der Waals surface area contributed by atoms with E-state index in [0.29, 0.717) is 5.92 Å². The lowest BCUT2D eigenvalue weighted by Crippen LogP contribution is -2.12. The average Bonchev–Trinajstić information content (AvgIpc) is 3.04. The van der Waals surface area contributed by atoms with Gasteiger partial charge in [0.15, 0.2) is 0 Å². The van der Waals surface area contributed by atoms with Gasteiger partial charge in [0.05, 0.1) is 10.6 Å². The summed E-state index contributed by atoms with van der Waals surface area (Å²) in [5, 5.41) is 5.23. The van der Waals surface area contributed by atoms with E-state index in [1.54, 1.807) is 0 Å². The third-order valence-corrected chi connectivity index (χ3v) is 3.94. The summed E-state index contributed by atoms with van der Waals surface area (Å²) in [7, 11) is 0. The first-order chi connectivity index (χ1) is 9.16. The zero-order chi connectivity index (χ0) is 13.4. The van der Waals surface area contributed by atoms with Crippen LogP contribution >= 0.6 is 11.5 Å². The third-order valence-electron chi connectivity index (χ3n) is 3.12.